The maximum atomic E-state index is 12.3. The smallest absolute Gasteiger partial charge is 0.271 e. The Labute approximate surface area is 161 Å². The van der Waals surface area contributed by atoms with E-state index in [1.807, 2.05) is 11.5 Å². The summed E-state index contributed by atoms with van der Waals surface area (Å²) in [5.74, 6) is 2.44. The lowest BCUT2D eigenvalue weighted by Crippen LogP contribution is -2.28. The lowest BCUT2D eigenvalue weighted by Gasteiger charge is -2.20. The minimum atomic E-state index is -0.235. The molecule has 0 aliphatic carbocycles. The number of fused-ring (bicyclic) bond motifs is 1. The van der Waals surface area contributed by atoms with Crippen LogP contribution in [0, 0.1) is 0 Å². The molecule has 0 saturated carbocycles. The third-order valence-electron chi connectivity index (χ3n) is 4.38. The molecular formula is C17H21N9O2. The fourth-order valence-corrected chi connectivity index (χ4v) is 3.02. The highest BCUT2D eigenvalue weighted by atomic mass is 16.5. The molecule has 3 aromatic rings. The molecular weight excluding hydrogens is 362 g/mol. The van der Waals surface area contributed by atoms with E-state index in [1.165, 1.54) is 6.33 Å². The first-order valence-corrected chi connectivity index (χ1v) is 9.12. The van der Waals surface area contributed by atoms with Crippen LogP contribution in [-0.2, 0) is 19.5 Å². The number of hydrogen-bond acceptors (Lipinski definition) is 8. The number of carbonyl (C=O) groups excluding carboxylic acids is 1. The molecule has 0 radical (unpaired) electrons. The van der Waals surface area contributed by atoms with Gasteiger partial charge in [-0.3, -0.25) is 9.89 Å². The first-order chi connectivity index (χ1) is 13.7. The van der Waals surface area contributed by atoms with Crippen molar-refractivity contribution in [1.82, 2.24) is 40.0 Å². The molecule has 1 amide bonds. The van der Waals surface area contributed by atoms with Gasteiger partial charge in [0.25, 0.3) is 5.91 Å². The molecule has 11 heteroatoms. The summed E-state index contributed by atoms with van der Waals surface area (Å²) in [6.07, 6.45) is 5.58. The van der Waals surface area contributed by atoms with E-state index in [9.17, 15) is 4.79 Å². The maximum Gasteiger partial charge on any atom is 0.271 e. The Bertz CT molecular complexity index is 913. The number of hydrogen-bond donors (Lipinski definition) is 2. The van der Waals surface area contributed by atoms with E-state index < -0.39 is 0 Å². The zero-order valence-corrected chi connectivity index (χ0v) is 15.5. The van der Waals surface area contributed by atoms with E-state index in [4.69, 9.17) is 4.74 Å². The highest BCUT2D eigenvalue weighted by Crippen LogP contribution is 2.17. The number of nitrogens with zero attached hydrogens (tertiary/aromatic N) is 7. The normalized spacial score (nSPS) is 13.7. The van der Waals surface area contributed by atoms with Crippen molar-refractivity contribution in [3.63, 3.8) is 0 Å². The van der Waals surface area contributed by atoms with Crippen LogP contribution in [-0.4, -0.2) is 60.3 Å². The summed E-state index contributed by atoms with van der Waals surface area (Å²) in [7, 11) is 0. The van der Waals surface area contributed by atoms with E-state index in [1.54, 1.807) is 18.5 Å². The number of rotatable bonds is 6. The van der Waals surface area contributed by atoms with Gasteiger partial charge in [0.05, 0.1) is 13.2 Å². The molecule has 1 aliphatic heterocycles. The molecule has 0 spiro atoms. The van der Waals surface area contributed by atoms with Gasteiger partial charge in [0.2, 0.25) is 11.8 Å². The Balaban J connectivity index is 1.39. The quantitative estimate of drug-likeness (QED) is 0.617. The molecule has 0 unspecified atom stereocenters. The Hall–Kier alpha value is -3.50. The van der Waals surface area contributed by atoms with Gasteiger partial charge in [-0.2, -0.15) is 10.1 Å². The molecule has 28 heavy (non-hydrogen) atoms. The highest BCUT2D eigenvalue weighted by molar-refractivity contribution is 5.92. The molecule has 0 aromatic carbocycles. The van der Waals surface area contributed by atoms with Crippen molar-refractivity contribution < 1.29 is 9.53 Å². The summed E-state index contributed by atoms with van der Waals surface area (Å²) >= 11 is 0. The van der Waals surface area contributed by atoms with Crippen LogP contribution >= 0.6 is 0 Å². The monoisotopic (exact) mass is 383 g/mol. The van der Waals surface area contributed by atoms with Crippen LogP contribution < -0.4 is 15.0 Å². The first-order valence-electron chi connectivity index (χ1n) is 9.12. The third kappa shape index (κ3) is 3.92. The molecule has 1 aliphatic rings. The van der Waals surface area contributed by atoms with Crippen molar-refractivity contribution >= 4 is 11.9 Å². The van der Waals surface area contributed by atoms with Crippen LogP contribution in [0.1, 0.15) is 29.1 Å². The number of ether oxygens (including phenoxy) is 1. The molecule has 4 heterocycles. The first kappa shape index (κ1) is 17.9. The summed E-state index contributed by atoms with van der Waals surface area (Å²) in [5.41, 5.74) is 0.401. The Morgan fingerprint density at radius 3 is 3.04 bits per heavy atom. The van der Waals surface area contributed by atoms with Gasteiger partial charge in [0.15, 0.2) is 0 Å². The Morgan fingerprint density at radius 2 is 2.21 bits per heavy atom. The van der Waals surface area contributed by atoms with Gasteiger partial charge in [-0.1, -0.05) is 0 Å². The van der Waals surface area contributed by atoms with Crippen molar-refractivity contribution in [2.45, 2.75) is 26.4 Å². The third-order valence-corrected chi connectivity index (χ3v) is 4.38. The summed E-state index contributed by atoms with van der Waals surface area (Å²) in [4.78, 5) is 31.7. The second kappa shape index (κ2) is 8.03. The van der Waals surface area contributed by atoms with Crippen molar-refractivity contribution in [3.8, 4) is 5.88 Å². The van der Waals surface area contributed by atoms with Gasteiger partial charge in [0, 0.05) is 44.5 Å². The van der Waals surface area contributed by atoms with Crippen molar-refractivity contribution in [2.24, 2.45) is 0 Å². The predicted molar refractivity (Wildman–Crippen MR) is 98.9 cm³/mol. The number of anilines is 1. The molecule has 0 saturated heterocycles. The molecule has 2 N–H and O–H groups in total. The lowest BCUT2D eigenvalue weighted by molar-refractivity contribution is 0.0945. The van der Waals surface area contributed by atoms with Crippen molar-refractivity contribution in [2.75, 3.05) is 24.6 Å². The summed E-state index contributed by atoms with van der Waals surface area (Å²) in [6.45, 7) is 4.89. The molecule has 11 nitrogen and oxygen atoms in total. The van der Waals surface area contributed by atoms with E-state index >= 15 is 0 Å². The van der Waals surface area contributed by atoms with Gasteiger partial charge in [0.1, 0.15) is 23.7 Å². The fourth-order valence-electron chi connectivity index (χ4n) is 3.02. The fraction of sp³-hybridized carbons (Fsp3) is 0.412. The van der Waals surface area contributed by atoms with Crippen LogP contribution in [0.3, 0.4) is 0 Å². The lowest BCUT2D eigenvalue weighted by atomic mass is 10.4. The van der Waals surface area contributed by atoms with Gasteiger partial charge >= 0.3 is 0 Å². The number of aromatic nitrogens is 7. The molecule has 3 aromatic heterocycles. The van der Waals surface area contributed by atoms with Crippen LogP contribution in [0.5, 0.6) is 5.88 Å². The standard InChI is InChI=1S/C17H21N9O2/c1-2-28-15-3-5-18-17(23-15)25-6-4-14-22-12(10-26(14)8-7-25)16(27)19-9-13-20-11-21-24-13/h3,5,10-11H,2,4,6-9H2,1H3,(H,19,27)(H,20,21,24). The highest BCUT2D eigenvalue weighted by Gasteiger charge is 2.20. The number of amides is 1. The minimum absolute atomic E-state index is 0.235. The number of imidazole rings is 1. The van der Waals surface area contributed by atoms with Crippen LogP contribution in [0.25, 0.3) is 0 Å². The SMILES string of the molecule is CCOc1ccnc(N2CCc3nc(C(=O)NCc4ncn[nH]4)cn3CC2)n1. The van der Waals surface area contributed by atoms with Crippen LogP contribution in [0.4, 0.5) is 5.95 Å². The second-order valence-corrected chi connectivity index (χ2v) is 6.22. The Kier molecular flexibility index (Phi) is 5.13. The largest absolute Gasteiger partial charge is 0.478 e. The van der Waals surface area contributed by atoms with E-state index in [0.717, 1.165) is 12.4 Å². The van der Waals surface area contributed by atoms with Crippen molar-refractivity contribution in [1.29, 1.82) is 0 Å². The average molecular weight is 383 g/mol. The topological polar surface area (TPSA) is 127 Å². The van der Waals surface area contributed by atoms with Crippen molar-refractivity contribution in [3.05, 3.63) is 42.1 Å². The molecule has 0 bridgehead atoms. The van der Waals surface area contributed by atoms with Gasteiger partial charge in [-0.25, -0.2) is 15.0 Å². The molecule has 0 atom stereocenters. The predicted octanol–water partition coefficient (Wildman–Crippen LogP) is 0.183. The van der Waals surface area contributed by atoms with Crippen LogP contribution in [0.2, 0.25) is 0 Å². The number of nitrogens with one attached hydrogen (secondary N) is 2. The number of aromatic amines is 1. The minimum Gasteiger partial charge on any atom is -0.478 e. The van der Waals surface area contributed by atoms with E-state index in [-0.39, 0.29) is 12.5 Å². The Morgan fingerprint density at radius 1 is 1.29 bits per heavy atom. The average Bonchev–Trinajstić information content (AvgIpc) is 3.33. The number of carbonyl (C=O) groups is 1. The summed E-state index contributed by atoms with van der Waals surface area (Å²) in [6, 6.07) is 1.75. The maximum absolute atomic E-state index is 12.3. The van der Waals surface area contributed by atoms with Gasteiger partial charge < -0.3 is 19.5 Å². The van der Waals surface area contributed by atoms with Crippen LogP contribution in [0.15, 0.2) is 24.8 Å². The second-order valence-electron chi connectivity index (χ2n) is 6.22. The molecule has 146 valence electrons. The zero-order chi connectivity index (χ0) is 19.3. The number of H-pyrrole nitrogens is 1. The van der Waals surface area contributed by atoms with Gasteiger partial charge in [-0.15, -0.1) is 0 Å². The molecule has 4 rings (SSSR count). The summed E-state index contributed by atoms with van der Waals surface area (Å²) in [5, 5.41) is 9.25. The zero-order valence-electron chi connectivity index (χ0n) is 15.5. The molecule has 0 fully saturated rings. The van der Waals surface area contributed by atoms with E-state index in [2.05, 4.69) is 40.3 Å². The van der Waals surface area contributed by atoms with E-state index in [0.29, 0.717) is 49.5 Å². The summed E-state index contributed by atoms with van der Waals surface area (Å²) < 4.78 is 7.47. The van der Waals surface area contributed by atoms with Gasteiger partial charge in [-0.05, 0) is 6.92 Å².